The number of hydrogen-bond acceptors (Lipinski definition) is 3. The van der Waals surface area contributed by atoms with Crippen molar-refractivity contribution in [2.75, 3.05) is 7.05 Å². The zero-order chi connectivity index (χ0) is 15.8. The van der Waals surface area contributed by atoms with Gasteiger partial charge in [0.15, 0.2) is 6.10 Å². The highest BCUT2D eigenvalue weighted by atomic mass is 16.5. The smallest absolute Gasteiger partial charge is 0.345 e. The SMILES string of the molecule is C=C(O[C@H](Cc1ccccc1)C(=O)O)[C@H](CC(C)C)NC. The molecule has 0 unspecified atom stereocenters. The maximum atomic E-state index is 11.4. The van der Waals surface area contributed by atoms with E-state index >= 15 is 0 Å². The topological polar surface area (TPSA) is 58.6 Å². The van der Waals surface area contributed by atoms with Crippen molar-refractivity contribution in [2.24, 2.45) is 5.92 Å². The summed E-state index contributed by atoms with van der Waals surface area (Å²) in [6.45, 7) is 8.11. The van der Waals surface area contributed by atoms with E-state index < -0.39 is 12.1 Å². The van der Waals surface area contributed by atoms with E-state index in [0.29, 0.717) is 18.1 Å². The molecule has 1 rings (SSSR count). The number of aliphatic carboxylic acids is 1. The minimum Gasteiger partial charge on any atom is -0.482 e. The van der Waals surface area contributed by atoms with Gasteiger partial charge in [0.1, 0.15) is 5.76 Å². The highest BCUT2D eigenvalue weighted by Gasteiger charge is 2.23. The molecule has 0 fully saturated rings. The zero-order valence-electron chi connectivity index (χ0n) is 13.0. The maximum Gasteiger partial charge on any atom is 0.345 e. The van der Waals surface area contributed by atoms with Gasteiger partial charge in [-0.1, -0.05) is 50.8 Å². The van der Waals surface area contributed by atoms with E-state index in [0.717, 1.165) is 12.0 Å². The molecule has 0 aromatic heterocycles. The molecular formula is C17H25NO3. The fourth-order valence-electron chi connectivity index (χ4n) is 2.15. The van der Waals surface area contributed by atoms with Crippen LogP contribution in [0.5, 0.6) is 0 Å². The molecule has 0 heterocycles. The van der Waals surface area contributed by atoms with Gasteiger partial charge in [-0.3, -0.25) is 0 Å². The van der Waals surface area contributed by atoms with Crippen LogP contribution in [0.25, 0.3) is 0 Å². The molecule has 0 spiro atoms. The third-order valence-electron chi connectivity index (χ3n) is 3.28. The Morgan fingerprint density at radius 2 is 1.95 bits per heavy atom. The fraction of sp³-hybridized carbons (Fsp3) is 0.471. The molecule has 0 amide bonds. The van der Waals surface area contributed by atoms with Crippen LogP contribution in [0.1, 0.15) is 25.8 Å². The number of carbonyl (C=O) groups is 1. The molecule has 0 aliphatic carbocycles. The standard InChI is InChI=1S/C17H25NO3/c1-12(2)10-15(18-4)13(3)21-16(17(19)20)11-14-8-6-5-7-9-14/h5-9,12,15-16,18H,3,10-11H2,1-2,4H3,(H,19,20)/t15-,16+/m0/s1. The van der Waals surface area contributed by atoms with Crippen molar-refractivity contribution in [3.05, 3.63) is 48.2 Å². The Balaban J connectivity index is 2.69. The van der Waals surface area contributed by atoms with Crippen LogP contribution in [-0.2, 0) is 16.0 Å². The number of ether oxygens (including phenoxy) is 1. The Bertz CT molecular complexity index is 456. The Kier molecular flexibility index (Phi) is 6.96. The van der Waals surface area contributed by atoms with E-state index in [1.54, 1.807) is 0 Å². The van der Waals surface area contributed by atoms with Crippen molar-refractivity contribution in [1.82, 2.24) is 5.32 Å². The van der Waals surface area contributed by atoms with Crippen LogP contribution in [0.4, 0.5) is 0 Å². The fourth-order valence-corrected chi connectivity index (χ4v) is 2.15. The van der Waals surface area contributed by atoms with Gasteiger partial charge >= 0.3 is 5.97 Å². The van der Waals surface area contributed by atoms with E-state index in [-0.39, 0.29) is 6.04 Å². The third kappa shape index (κ3) is 6.00. The molecule has 2 N–H and O–H groups in total. The average molecular weight is 291 g/mol. The predicted molar refractivity (Wildman–Crippen MR) is 84.1 cm³/mol. The van der Waals surface area contributed by atoms with Gasteiger partial charge in [0.25, 0.3) is 0 Å². The molecule has 0 radical (unpaired) electrons. The first-order valence-electron chi connectivity index (χ1n) is 7.23. The van der Waals surface area contributed by atoms with Crippen molar-refractivity contribution in [1.29, 1.82) is 0 Å². The first kappa shape index (κ1) is 17.2. The Labute approximate surface area is 126 Å². The van der Waals surface area contributed by atoms with Gasteiger partial charge in [-0.05, 0) is 24.9 Å². The van der Waals surface area contributed by atoms with Crippen LogP contribution in [0, 0.1) is 5.92 Å². The number of rotatable bonds is 9. The van der Waals surface area contributed by atoms with Crippen molar-refractivity contribution < 1.29 is 14.6 Å². The molecule has 2 atom stereocenters. The van der Waals surface area contributed by atoms with E-state index in [1.807, 2.05) is 37.4 Å². The minimum absolute atomic E-state index is 0.0392. The number of carboxylic acid groups (broad SMARTS) is 1. The third-order valence-corrected chi connectivity index (χ3v) is 3.28. The molecule has 0 bridgehead atoms. The highest BCUT2D eigenvalue weighted by Crippen LogP contribution is 2.16. The van der Waals surface area contributed by atoms with Crippen LogP contribution in [0.3, 0.4) is 0 Å². The lowest BCUT2D eigenvalue weighted by Crippen LogP contribution is -2.34. The van der Waals surface area contributed by atoms with Crippen molar-refractivity contribution >= 4 is 5.97 Å². The summed E-state index contributed by atoms with van der Waals surface area (Å²) < 4.78 is 5.61. The first-order valence-corrected chi connectivity index (χ1v) is 7.23. The quantitative estimate of drug-likeness (QED) is 0.687. The van der Waals surface area contributed by atoms with E-state index in [2.05, 4.69) is 25.7 Å². The summed E-state index contributed by atoms with van der Waals surface area (Å²) >= 11 is 0. The Morgan fingerprint density at radius 1 is 1.33 bits per heavy atom. The van der Waals surface area contributed by atoms with Gasteiger partial charge in [0.05, 0.1) is 6.04 Å². The number of benzene rings is 1. The minimum atomic E-state index is -0.973. The first-order chi connectivity index (χ1) is 9.93. The molecule has 4 nitrogen and oxygen atoms in total. The summed E-state index contributed by atoms with van der Waals surface area (Å²) in [5.41, 5.74) is 0.933. The zero-order valence-corrected chi connectivity index (χ0v) is 13.0. The normalized spacial score (nSPS) is 13.7. The molecule has 0 aliphatic heterocycles. The molecule has 4 heteroatoms. The van der Waals surface area contributed by atoms with E-state index in [9.17, 15) is 9.90 Å². The van der Waals surface area contributed by atoms with Crippen LogP contribution in [0.2, 0.25) is 0 Å². The van der Waals surface area contributed by atoms with Gasteiger partial charge in [0, 0.05) is 6.42 Å². The maximum absolute atomic E-state index is 11.4. The number of nitrogens with one attached hydrogen (secondary N) is 1. The van der Waals surface area contributed by atoms with Crippen molar-refractivity contribution in [3.63, 3.8) is 0 Å². The number of likely N-dealkylation sites (N-methyl/N-ethyl adjacent to an activating group) is 1. The summed E-state index contributed by atoms with van der Waals surface area (Å²) in [7, 11) is 1.83. The van der Waals surface area contributed by atoms with Gasteiger partial charge in [-0.25, -0.2) is 4.79 Å². The van der Waals surface area contributed by atoms with Gasteiger partial charge in [0.2, 0.25) is 0 Å². The van der Waals surface area contributed by atoms with Crippen molar-refractivity contribution in [2.45, 2.75) is 38.8 Å². The van der Waals surface area contributed by atoms with Gasteiger partial charge < -0.3 is 15.2 Å². The largest absolute Gasteiger partial charge is 0.482 e. The van der Waals surface area contributed by atoms with Gasteiger partial charge in [-0.15, -0.1) is 0 Å². The average Bonchev–Trinajstić information content (AvgIpc) is 2.44. The molecule has 1 aromatic carbocycles. The van der Waals surface area contributed by atoms with Crippen LogP contribution in [-0.4, -0.2) is 30.3 Å². The van der Waals surface area contributed by atoms with E-state index in [4.69, 9.17) is 4.74 Å². The number of carboxylic acids is 1. The highest BCUT2D eigenvalue weighted by molar-refractivity contribution is 5.73. The second-order valence-electron chi connectivity index (χ2n) is 5.57. The van der Waals surface area contributed by atoms with Gasteiger partial charge in [-0.2, -0.15) is 0 Å². The lowest BCUT2D eigenvalue weighted by atomic mass is 10.0. The monoisotopic (exact) mass is 291 g/mol. The Morgan fingerprint density at radius 3 is 2.43 bits per heavy atom. The summed E-state index contributed by atoms with van der Waals surface area (Å²) in [5, 5.41) is 12.5. The van der Waals surface area contributed by atoms with Crippen molar-refractivity contribution in [3.8, 4) is 0 Å². The van der Waals surface area contributed by atoms with Crippen LogP contribution < -0.4 is 5.32 Å². The molecule has 116 valence electrons. The molecule has 1 aromatic rings. The van der Waals surface area contributed by atoms with E-state index in [1.165, 1.54) is 0 Å². The summed E-state index contributed by atoms with van der Waals surface area (Å²) in [5.74, 6) is -0.0193. The molecule has 0 aliphatic rings. The molecular weight excluding hydrogens is 266 g/mol. The lowest BCUT2D eigenvalue weighted by Gasteiger charge is -2.24. The molecule has 0 saturated carbocycles. The summed E-state index contributed by atoms with van der Waals surface area (Å²) in [4.78, 5) is 11.4. The number of hydrogen-bond donors (Lipinski definition) is 2. The predicted octanol–water partition coefficient (Wildman–Crippen LogP) is 2.85. The molecule has 21 heavy (non-hydrogen) atoms. The summed E-state index contributed by atoms with van der Waals surface area (Å²) in [6, 6.07) is 9.43. The van der Waals surface area contributed by atoms with Crippen LogP contribution >= 0.6 is 0 Å². The Hall–Kier alpha value is -1.81. The lowest BCUT2D eigenvalue weighted by molar-refractivity contribution is -0.148. The summed E-state index contributed by atoms with van der Waals surface area (Å²) in [6.07, 6.45) is 0.267. The molecule has 0 saturated heterocycles. The van der Waals surface area contributed by atoms with Crippen LogP contribution in [0.15, 0.2) is 42.7 Å². The second-order valence-corrected chi connectivity index (χ2v) is 5.57. The second kappa shape index (κ2) is 8.47.